The first-order valence-corrected chi connectivity index (χ1v) is 9.79. The van der Waals surface area contributed by atoms with Crippen LogP contribution >= 0.6 is 0 Å². The van der Waals surface area contributed by atoms with E-state index >= 15 is 0 Å². The summed E-state index contributed by atoms with van der Waals surface area (Å²) < 4.78 is 33.5. The van der Waals surface area contributed by atoms with Gasteiger partial charge in [0.15, 0.2) is 0 Å². The number of methoxy groups -OCH3 is 1. The van der Waals surface area contributed by atoms with E-state index in [0.29, 0.717) is 11.4 Å². The van der Waals surface area contributed by atoms with E-state index in [0.717, 1.165) is 5.56 Å². The number of ether oxygens (including phenoxy) is 1. The molecule has 144 valence electrons. The summed E-state index contributed by atoms with van der Waals surface area (Å²) in [6.45, 7) is 1.91. The van der Waals surface area contributed by atoms with E-state index in [2.05, 4.69) is 9.46 Å². The van der Waals surface area contributed by atoms with Crippen molar-refractivity contribution >= 4 is 21.7 Å². The summed E-state index contributed by atoms with van der Waals surface area (Å²) in [5, 5.41) is 0. The highest BCUT2D eigenvalue weighted by Gasteiger charge is 2.15. The summed E-state index contributed by atoms with van der Waals surface area (Å²) in [4.78, 5) is 23.8. The lowest BCUT2D eigenvalue weighted by molar-refractivity contribution is 0.0600. The van der Waals surface area contributed by atoms with E-state index in [9.17, 15) is 18.0 Å². The number of nitrogens with zero attached hydrogens (tertiary/aromatic N) is 1. The first-order chi connectivity index (χ1) is 13.3. The number of anilines is 1. The van der Waals surface area contributed by atoms with Gasteiger partial charge in [-0.2, -0.15) is 0 Å². The Hall–Kier alpha value is -3.39. The highest BCUT2D eigenvalue weighted by molar-refractivity contribution is 7.92. The third kappa shape index (κ3) is 4.12. The molecule has 1 heterocycles. The number of sulfonamides is 1. The molecule has 0 radical (unpaired) electrons. The van der Waals surface area contributed by atoms with Crippen molar-refractivity contribution in [1.29, 1.82) is 0 Å². The molecule has 0 saturated heterocycles. The number of pyridine rings is 1. The number of nitrogens with one attached hydrogen (secondary N) is 1. The number of aryl methyl sites for hydroxylation is 1. The summed E-state index contributed by atoms with van der Waals surface area (Å²) in [5.74, 6) is -0.574. The second-order valence-corrected chi connectivity index (χ2v) is 7.77. The maximum Gasteiger partial charge on any atom is 0.339 e. The maximum absolute atomic E-state index is 12.5. The molecule has 1 N–H and O–H groups in total. The van der Waals surface area contributed by atoms with Gasteiger partial charge in [-0.3, -0.25) is 14.1 Å². The number of rotatable bonds is 5. The zero-order chi connectivity index (χ0) is 20.3. The molecule has 0 aliphatic rings. The second kappa shape index (κ2) is 7.69. The van der Waals surface area contributed by atoms with Crippen molar-refractivity contribution in [3.8, 4) is 5.69 Å². The summed E-state index contributed by atoms with van der Waals surface area (Å²) in [5.41, 5.74) is 1.74. The molecule has 1 aromatic heterocycles. The van der Waals surface area contributed by atoms with Crippen LogP contribution in [0.1, 0.15) is 15.9 Å². The van der Waals surface area contributed by atoms with Crippen molar-refractivity contribution in [1.82, 2.24) is 4.57 Å². The molecule has 2 aromatic carbocycles. The summed E-state index contributed by atoms with van der Waals surface area (Å²) in [6, 6.07) is 15.4. The fraction of sp³-hybridized carbons (Fsp3) is 0.100. The van der Waals surface area contributed by atoms with Crippen LogP contribution in [0.4, 0.5) is 5.69 Å². The normalized spacial score (nSPS) is 11.1. The molecule has 0 unspecified atom stereocenters. The molecule has 0 saturated carbocycles. The van der Waals surface area contributed by atoms with Crippen molar-refractivity contribution in [2.45, 2.75) is 11.8 Å². The van der Waals surface area contributed by atoms with Crippen LogP contribution in [-0.4, -0.2) is 26.1 Å². The smallest absolute Gasteiger partial charge is 0.339 e. The maximum atomic E-state index is 12.5. The SMILES string of the molecule is COC(=O)c1ccc(=O)n(-c2ccc(S(=O)(=O)Nc3ccc(C)cc3)cc2)c1. The molecule has 0 atom stereocenters. The summed E-state index contributed by atoms with van der Waals surface area (Å²) in [6.07, 6.45) is 1.35. The van der Waals surface area contributed by atoms with Crippen LogP contribution in [0.5, 0.6) is 0 Å². The molecule has 8 heteroatoms. The Morgan fingerprint density at radius 2 is 1.61 bits per heavy atom. The average Bonchev–Trinajstić information content (AvgIpc) is 2.69. The van der Waals surface area contributed by atoms with Crippen LogP contribution in [0, 0.1) is 6.92 Å². The Bertz CT molecular complexity index is 1160. The number of carbonyl (C=O) groups is 1. The Balaban J connectivity index is 1.90. The van der Waals surface area contributed by atoms with E-state index in [-0.39, 0.29) is 16.0 Å². The van der Waals surface area contributed by atoms with Crippen LogP contribution < -0.4 is 10.3 Å². The van der Waals surface area contributed by atoms with Gasteiger partial charge in [0.25, 0.3) is 15.6 Å². The summed E-state index contributed by atoms with van der Waals surface area (Å²) in [7, 11) is -2.52. The molecule has 0 aliphatic heterocycles. The van der Waals surface area contributed by atoms with Gasteiger partial charge in [0.05, 0.1) is 17.6 Å². The predicted octanol–water partition coefficient (Wildman–Crippen LogP) is 2.73. The van der Waals surface area contributed by atoms with Gasteiger partial charge >= 0.3 is 5.97 Å². The number of hydrogen-bond acceptors (Lipinski definition) is 5. The summed E-state index contributed by atoms with van der Waals surface area (Å²) >= 11 is 0. The van der Waals surface area contributed by atoms with Crippen molar-refractivity contribution in [3.63, 3.8) is 0 Å². The lowest BCUT2D eigenvalue weighted by Gasteiger charge is -2.10. The predicted molar refractivity (Wildman–Crippen MR) is 105 cm³/mol. The second-order valence-electron chi connectivity index (χ2n) is 6.08. The lowest BCUT2D eigenvalue weighted by atomic mass is 10.2. The standard InChI is InChI=1S/C20H18N2O5S/c1-14-3-6-16(7-4-14)21-28(25,26)18-10-8-17(9-11-18)22-13-15(20(24)27-2)5-12-19(22)23/h3-13,21H,1-2H3. The van der Waals surface area contributed by atoms with Crippen LogP contribution in [0.25, 0.3) is 5.69 Å². The van der Waals surface area contributed by atoms with E-state index in [1.807, 2.05) is 19.1 Å². The lowest BCUT2D eigenvalue weighted by Crippen LogP contribution is -2.19. The van der Waals surface area contributed by atoms with Crippen LogP contribution in [0.2, 0.25) is 0 Å². The van der Waals surface area contributed by atoms with Crippen molar-refractivity contribution in [2.75, 3.05) is 11.8 Å². The van der Waals surface area contributed by atoms with Crippen LogP contribution in [-0.2, 0) is 14.8 Å². The van der Waals surface area contributed by atoms with Gasteiger partial charge in [-0.05, 0) is 49.4 Å². The number of carbonyl (C=O) groups excluding carboxylic acids is 1. The monoisotopic (exact) mass is 398 g/mol. The molecular weight excluding hydrogens is 380 g/mol. The van der Waals surface area contributed by atoms with E-state index in [1.165, 1.54) is 54.3 Å². The van der Waals surface area contributed by atoms with Gasteiger partial charge in [0.1, 0.15) is 0 Å². The largest absolute Gasteiger partial charge is 0.465 e. The molecular formula is C20H18N2O5S. The van der Waals surface area contributed by atoms with Gasteiger partial charge in [-0.15, -0.1) is 0 Å². The minimum atomic E-state index is -3.77. The fourth-order valence-electron chi connectivity index (χ4n) is 2.55. The van der Waals surface area contributed by atoms with Crippen LogP contribution in [0.15, 0.2) is 76.6 Å². The third-order valence-corrected chi connectivity index (χ3v) is 5.46. The zero-order valence-electron chi connectivity index (χ0n) is 15.2. The quantitative estimate of drug-likeness (QED) is 0.667. The highest BCUT2D eigenvalue weighted by atomic mass is 32.2. The van der Waals surface area contributed by atoms with Gasteiger partial charge in [-0.25, -0.2) is 13.2 Å². The number of esters is 1. The number of aromatic nitrogens is 1. The average molecular weight is 398 g/mol. The van der Waals surface area contributed by atoms with Crippen LogP contribution in [0.3, 0.4) is 0 Å². The number of hydrogen-bond donors (Lipinski definition) is 1. The molecule has 0 fully saturated rings. The van der Waals surface area contributed by atoms with Crippen molar-refractivity contribution in [2.24, 2.45) is 0 Å². The first-order valence-electron chi connectivity index (χ1n) is 8.31. The molecule has 0 bridgehead atoms. The molecule has 28 heavy (non-hydrogen) atoms. The van der Waals surface area contributed by atoms with Gasteiger partial charge in [0.2, 0.25) is 0 Å². The zero-order valence-corrected chi connectivity index (χ0v) is 16.1. The molecule has 3 rings (SSSR count). The van der Waals surface area contributed by atoms with Crippen molar-refractivity contribution in [3.05, 3.63) is 88.3 Å². The molecule has 0 spiro atoms. The fourth-order valence-corrected chi connectivity index (χ4v) is 3.61. The highest BCUT2D eigenvalue weighted by Crippen LogP contribution is 2.18. The van der Waals surface area contributed by atoms with E-state index in [1.54, 1.807) is 12.1 Å². The Kier molecular flexibility index (Phi) is 5.32. The molecule has 7 nitrogen and oxygen atoms in total. The molecule has 0 aliphatic carbocycles. The van der Waals surface area contributed by atoms with Gasteiger partial charge in [-0.1, -0.05) is 17.7 Å². The van der Waals surface area contributed by atoms with E-state index in [4.69, 9.17) is 0 Å². The van der Waals surface area contributed by atoms with E-state index < -0.39 is 16.0 Å². The Morgan fingerprint density at radius 3 is 2.21 bits per heavy atom. The minimum Gasteiger partial charge on any atom is -0.465 e. The topological polar surface area (TPSA) is 94.5 Å². The Morgan fingerprint density at radius 1 is 0.964 bits per heavy atom. The third-order valence-electron chi connectivity index (χ3n) is 4.06. The van der Waals surface area contributed by atoms with Crippen molar-refractivity contribution < 1.29 is 17.9 Å². The first kappa shape index (κ1) is 19.4. The molecule has 0 amide bonds. The van der Waals surface area contributed by atoms with Gasteiger partial charge < -0.3 is 4.74 Å². The molecule has 3 aromatic rings. The van der Waals surface area contributed by atoms with Gasteiger partial charge in [0, 0.05) is 23.6 Å². The Labute approximate surface area is 162 Å². The number of benzene rings is 2. The minimum absolute atomic E-state index is 0.0500.